The van der Waals surface area contributed by atoms with Crippen LogP contribution in [-0.2, 0) is 18.9 Å². The fourth-order valence-corrected chi connectivity index (χ4v) is 4.92. The summed E-state index contributed by atoms with van der Waals surface area (Å²) in [5.74, 6) is -1.59. The number of ether oxygens (including phenoxy) is 4. The molecular formula is C18H41NO4P2. The Hall–Kier alpha value is 0.660. The second-order valence-corrected chi connectivity index (χ2v) is 8.58. The summed E-state index contributed by atoms with van der Waals surface area (Å²) < 4.78 is 25.0. The molecule has 7 heteroatoms. The quantitative estimate of drug-likeness (QED) is 0.272. The van der Waals surface area contributed by atoms with E-state index in [0.29, 0.717) is 26.4 Å². The maximum Gasteiger partial charge on any atom is 0.237 e. The molecule has 25 heavy (non-hydrogen) atoms. The molecule has 0 aromatic rings. The van der Waals surface area contributed by atoms with Gasteiger partial charge in [-0.3, -0.25) is 0 Å². The molecule has 5 nitrogen and oxygen atoms in total. The van der Waals surface area contributed by atoms with Crippen LogP contribution in [0.5, 0.6) is 0 Å². The molecule has 0 saturated carbocycles. The molecule has 0 amide bonds. The first-order chi connectivity index (χ1) is 12.1. The van der Waals surface area contributed by atoms with E-state index < -0.39 is 11.8 Å². The van der Waals surface area contributed by atoms with Gasteiger partial charge in [0.05, 0.1) is 0 Å². The molecule has 0 aliphatic heterocycles. The number of nitrogens with zero attached hydrogens (tertiary/aromatic N) is 1. The summed E-state index contributed by atoms with van der Waals surface area (Å²) in [6, 6.07) is 0. The second-order valence-electron chi connectivity index (χ2n) is 5.46. The first-order valence-corrected chi connectivity index (χ1v) is 12.6. The van der Waals surface area contributed by atoms with Crippen molar-refractivity contribution in [3.63, 3.8) is 0 Å². The standard InChI is InChI=1S/C18H41NO4P2/c1-8-19(17(20-9-2,21-10-3)15-24-13-6)18(22-11-4,23-12-5)16-25-14-7/h24-25H,8-16H2,1-7H3. The van der Waals surface area contributed by atoms with Crippen molar-refractivity contribution in [2.24, 2.45) is 0 Å². The smallest absolute Gasteiger partial charge is 0.237 e. The highest BCUT2D eigenvalue weighted by molar-refractivity contribution is 7.38. The predicted molar refractivity (Wildman–Crippen MR) is 112 cm³/mol. The first kappa shape index (κ1) is 25.7. The molecule has 0 aliphatic rings. The molecule has 0 heterocycles. The average molecular weight is 397 g/mol. The van der Waals surface area contributed by atoms with E-state index >= 15 is 0 Å². The van der Waals surface area contributed by atoms with Crippen LogP contribution in [0.15, 0.2) is 0 Å². The van der Waals surface area contributed by atoms with Gasteiger partial charge in [-0.2, -0.15) is 4.90 Å². The Balaban J connectivity index is 5.98. The van der Waals surface area contributed by atoms with Gasteiger partial charge >= 0.3 is 0 Å². The molecular weight excluding hydrogens is 356 g/mol. The lowest BCUT2D eigenvalue weighted by Crippen LogP contribution is -2.67. The summed E-state index contributed by atoms with van der Waals surface area (Å²) in [6.45, 7) is 17.7. The highest BCUT2D eigenvalue weighted by Gasteiger charge is 2.51. The average Bonchev–Trinajstić information content (AvgIpc) is 2.59. The molecule has 0 aromatic carbocycles. The Kier molecular flexibility index (Phi) is 15.1. The van der Waals surface area contributed by atoms with Crippen molar-refractivity contribution < 1.29 is 18.9 Å². The van der Waals surface area contributed by atoms with Crippen molar-refractivity contribution >= 4 is 17.2 Å². The summed E-state index contributed by atoms with van der Waals surface area (Å²) in [6.07, 6.45) is 3.89. The number of hydrogen-bond donors (Lipinski definition) is 0. The van der Waals surface area contributed by atoms with E-state index in [-0.39, 0.29) is 0 Å². The van der Waals surface area contributed by atoms with Crippen LogP contribution < -0.4 is 0 Å². The minimum Gasteiger partial charge on any atom is -0.337 e. The molecule has 0 aromatic heterocycles. The van der Waals surface area contributed by atoms with Gasteiger partial charge in [-0.15, -0.1) is 17.2 Å². The Morgan fingerprint density at radius 2 is 0.920 bits per heavy atom. The monoisotopic (exact) mass is 397 g/mol. The van der Waals surface area contributed by atoms with Crippen LogP contribution in [0, 0.1) is 0 Å². The maximum atomic E-state index is 6.26. The van der Waals surface area contributed by atoms with Crippen molar-refractivity contribution in [2.75, 3.05) is 57.6 Å². The maximum absolute atomic E-state index is 6.26. The van der Waals surface area contributed by atoms with Gasteiger partial charge in [0.2, 0.25) is 11.8 Å². The molecule has 0 aliphatic carbocycles. The Bertz CT molecular complexity index is 281. The van der Waals surface area contributed by atoms with Gasteiger partial charge < -0.3 is 18.9 Å². The highest BCUT2D eigenvalue weighted by Crippen LogP contribution is 2.37. The Morgan fingerprint density at radius 1 is 0.600 bits per heavy atom. The molecule has 0 rings (SSSR count). The third-order valence-electron chi connectivity index (χ3n) is 3.82. The van der Waals surface area contributed by atoms with Crippen molar-refractivity contribution in [1.29, 1.82) is 0 Å². The van der Waals surface area contributed by atoms with Crippen molar-refractivity contribution in [2.45, 2.75) is 60.3 Å². The van der Waals surface area contributed by atoms with E-state index in [9.17, 15) is 0 Å². The fourth-order valence-electron chi connectivity index (χ4n) is 3.00. The zero-order valence-corrected chi connectivity index (χ0v) is 19.4. The predicted octanol–water partition coefficient (Wildman–Crippen LogP) is 4.16. The van der Waals surface area contributed by atoms with E-state index in [1.807, 2.05) is 27.7 Å². The molecule has 0 fully saturated rings. The van der Waals surface area contributed by atoms with Crippen molar-refractivity contribution in [1.82, 2.24) is 4.90 Å². The minimum absolute atomic E-state index is 0.592. The van der Waals surface area contributed by atoms with Crippen LogP contribution in [-0.4, -0.2) is 74.3 Å². The van der Waals surface area contributed by atoms with Crippen LogP contribution in [0.25, 0.3) is 0 Å². The van der Waals surface area contributed by atoms with E-state index in [2.05, 4.69) is 25.7 Å². The van der Waals surface area contributed by atoms with Gasteiger partial charge in [0.15, 0.2) is 0 Å². The summed E-state index contributed by atoms with van der Waals surface area (Å²) in [5, 5.41) is 0. The van der Waals surface area contributed by atoms with Crippen molar-refractivity contribution in [3.8, 4) is 0 Å². The molecule has 2 unspecified atom stereocenters. The molecule has 0 N–H and O–H groups in total. The van der Waals surface area contributed by atoms with E-state index in [1.54, 1.807) is 0 Å². The number of rotatable bonds is 17. The Labute approximate surface area is 159 Å². The molecule has 0 saturated heterocycles. The topological polar surface area (TPSA) is 40.2 Å². The van der Waals surface area contributed by atoms with Gasteiger partial charge in [0.1, 0.15) is 0 Å². The third kappa shape index (κ3) is 7.66. The Morgan fingerprint density at radius 3 is 1.12 bits per heavy atom. The largest absolute Gasteiger partial charge is 0.337 e. The lowest BCUT2D eigenvalue weighted by atomic mass is 10.3. The lowest BCUT2D eigenvalue weighted by molar-refractivity contribution is -0.408. The zero-order valence-electron chi connectivity index (χ0n) is 17.4. The molecule has 152 valence electrons. The van der Waals surface area contributed by atoms with Crippen LogP contribution in [0.4, 0.5) is 0 Å². The van der Waals surface area contributed by atoms with Gasteiger partial charge in [-0.1, -0.05) is 20.8 Å². The molecule has 2 atom stereocenters. The van der Waals surface area contributed by atoms with Gasteiger partial charge in [-0.05, 0) is 40.0 Å². The molecule has 0 bridgehead atoms. The summed E-state index contributed by atoms with van der Waals surface area (Å²) in [4.78, 5) is 2.19. The van der Waals surface area contributed by atoms with Crippen molar-refractivity contribution in [3.05, 3.63) is 0 Å². The van der Waals surface area contributed by atoms with E-state index in [0.717, 1.165) is 48.4 Å². The van der Waals surface area contributed by atoms with Crippen LogP contribution in [0.2, 0.25) is 0 Å². The van der Waals surface area contributed by atoms with Crippen LogP contribution in [0.3, 0.4) is 0 Å². The van der Waals surface area contributed by atoms with Crippen LogP contribution >= 0.6 is 17.2 Å². The zero-order chi connectivity index (χ0) is 19.2. The SMILES string of the molecule is CCOC(CPCC)(OCC)N(CC)C(CPCC)(OCC)OCC. The summed E-state index contributed by atoms with van der Waals surface area (Å²) in [5.41, 5.74) is 0. The van der Waals surface area contributed by atoms with E-state index in [4.69, 9.17) is 18.9 Å². The van der Waals surface area contributed by atoms with E-state index in [1.165, 1.54) is 0 Å². The van der Waals surface area contributed by atoms with Gasteiger partial charge in [0.25, 0.3) is 0 Å². The second kappa shape index (κ2) is 14.7. The summed E-state index contributed by atoms with van der Waals surface area (Å²) >= 11 is 0. The summed E-state index contributed by atoms with van der Waals surface area (Å²) in [7, 11) is 1.53. The minimum atomic E-state index is -0.796. The molecule has 0 spiro atoms. The third-order valence-corrected chi connectivity index (χ3v) is 6.21. The fraction of sp³-hybridized carbons (Fsp3) is 1.00. The van der Waals surface area contributed by atoms with Crippen LogP contribution in [0.1, 0.15) is 48.5 Å². The first-order valence-electron chi connectivity index (χ1n) is 9.81. The number of hydrogen-bond acceptors (Lipinski definition) is 5. The van der Waals surface area contributed by atoms with Gasteiger partial charge in [-0.25, -0.2) is 0 Å². The highest BCUT2D eigenvalue weighted by atomic mass is 31.1. The lowest BCUT2D eigenvalue weighted by Gasteiger charge is -2.51. The normalized spacial score (nSPS) is 13.9. The molecule has 0 radical (unpaired) electrons. The van der Waals surface area contributed by atoms with Gasteiger partial charge in [0, 0.05) is 45.3 Å².